The van der Waals surface area contributed by atoms with Gasteiger partial charge in [-0.3, -0.25) is 4.79 Å². The van der Waals surface area contributed by atoms with Gasteiger partial charge in [0.25, 0.3) is 0 Å². The summed E-state index contributed by atoms with van der Waals surface area (Å²) in [5.41, 5.74) is 0.730. The SMILES string of the molecule is Cc1nccc(CNC(=O)N2C[C@@H](C)[C@H](C(=O)O)C2)n1. The second-order valence-corrected chi connectivity index (χ2v) is 5.08. The third-order valence-corrected chi connectivity index (χ3v) is 3.47. The van der Waals surface area contributed by atoms with Crippen LogP contribution in [0, 0.1) is 18.8 Å². The lowest BCUT2D eigenvalue weighted by atomic mass is 9.99. The van der Waals surface area contributed by atoms with Gasteiger partial charge < -0.3 is 15.3 Å². The zero-order chi connectivity index (χ0) is 14.7. The summed E-state index contributed by atoms with van der Waals surface area (Å²) < 4.78 is 0. The zero-order valence-electron chi connectivity index (χ0n) is 11.5. The van der Waals surface area contributed by atoms with Crippen LogP contribution >= 0.6 is 0 Å². The average molecular weight is 278 g/mol. The van der Waals surface area contributed by atoms with Gasteiger partial charge in [0, 0.05) is 19.3 Å². The van der Waals surface area contributed by atoms with Crippen LogP contribution in [0.15, 0.2) is 12.3 Å². The normalized spacial score (nSPS) is 21.8. The van der Waals surface area contributed by atoms with Crippen LogP contribution in [0.4, 0.5) is 4.79 Å². The molecule has 1 saturated heterocycles. The number of hydrogen-bond acceptors (Lipinski definition) is 4. The molecule has 0 radical (unpaired) electrons. The van der Waals surface area contributed by atoms with Gasteiger partial charge in [0.05, 0.1) is 18.2 Å². The van der Waals surface area contributed by atoms with E-state index in [1.165, 1.54) is 4.90 Å². The van der Waals surface area contributed by atoms with Crippen LogP contribution in [-0.2, 0) is 11.3 Å². The second-order valence-electron chi connectivity index (χ2n) is 5.08. The number of carboxylic acid groups (broad SMARTS) is 1. The van der Waals surface area contributed by atoms with E-state index in [1.807, 2.05) is 6.92 Å². The van der Waals surface area contributed by atoms with E-state index in [0.29, 0.717) is 18.9 Å². The summed E-state index contributed by atoms with van der Waals surface area (Å²) in [5.74, 6) is -0.710. The Balaban J connectivity index is 1.88. The maximum absolute atomic E-state index is 12.0. The monoisotopic (exact) mass is 278 g/mol. The summed E-state index contributed by atoms with van der Waals surface area (Å²) in [6.07, 6.45) is 1.64. The number of carbonyl (C=O) groups excluding carboxylic acids is 1. The number of aliphatic carboxylic acids is 1. The van der Waals surface area contributed by atoms with Crippen molar-refractivity contribution in [2.75, 3.05) is 13.1 Å². The Hall–Kier alpha value is -2.18. The van der Waals surface area contributed by atoms with Crippen LogP contribution in [0.5, 0.6) is 0 Å². The molecule has 1 aromatic rings. The number of amides is 2. The van der Waals surface area contributed by atoms with Crippen molar-refractivity contribution >= 4 is 12.0 Å². The average Bonchev–Trinajstić information content (AvgIpc) is 2.78. The molecule has 1 aliphatic rings. The minimum Gasteiger partial charge on any atom is -0.481 e. The van der Waals surface area contributed by atoms with Gasteiger partial charge in [-0.05, 0) is 18.9 Å². The van der Waals surface area contributed by atoms with Gasteiger partial charge in [0.1, 0.15) is 5.82 Å². The molecular weight excluding hydrogens is 260 g/mol. The lowest BCUT2D eigenvalue weighted by Crippen LogP contribution is -2.38. The predicted octanol–water partition coefficient (Wildman–Crippen LogP) is 0.647. The van der Waals surface area contributed by atoms with Gasteiger partial charge in [-0.25, -0.2) is 14.8 Å². The number of rotatable bonds is 3. The van der Waals surface area contributed by atoms with Gasteiger partial charge in [-0.2, -0.15) is 0 Å². The molecule has 1 aromatic heterocycles. The molecule has 108 valence electrons. The fourth-order valence-electron chi connectivity index (χ4n) is 2.34. The van der Waals surface area contributed by atoms with Gasteiger partial charge >= 0.3 is 12.0 Å². The molecule has 0 spiro atoms. The van der Waals surface area contributed by atoms with Gasteiger partial charge in [0.15, 0.2) is 0 Å². The predicted molar refractivity (Wildman–Crippen MR) is 70.9 cm³/mol. The molecule has 1 aliphatic heterocycles. The molecule has 0 saturated carbocycles. The molecule has 0 bridgehead atoms. The van der Waals surface area contributed by atoms with Crippen LogP contribution in [0.1, 0.15) is 18.4 Å². The highest BCUT2D eigenvalue weighted by Crippen LogP contribution is 2.22. The van der Waals surface area contributed by atoms with Gasteiger partial charge in [0.2, 0.25) is 0 Å². The number of urea groups is 1. The van der Waals surface area contributed by atoms with Crippen molar-refractivity contribution in [3.05, 3.63) is 23.8 Å². The molecule has 1 fully saturated rings. The molecule has 2 amide bonds. The topological polar surface area (TPSA) is 95.4 Å². The van der Waals surface area contributed by atoms with Crippen molar-refractivity contribution in [2.45, 2.75) is 20.4 Å². The molecule has 2 N–H and O–H groups in total. The highest BCUT2D eigenvalue weighted by atomic mass is 16.4. The van der Waals surface area contributed by atoms with Gasteiger partial charge in [-0.1, -0.05) is 6.92 Å². The number of likely N-dealkylation sites (tertiary alicyclic amines) is 1. The Morgan fingerprint density at radius 1 is 1.50 bits per heavy atom. The molecule has 2 heterocycles. The first kappa shape index (κ1) is 14.2. The number of aryl methyl sites for hydroxylation is 1. The summed E-state index contributed by atoms with van der Waals surface area (Å²) in [4.78, 5) is 32.7. The van der Waals surface area contributed by atoms with Crippen molar-refractivity contribution in [1.29, 1.82) is 0 Å². The second kappa shape index (κ2) is 5.85. The third-order valence-electron chi connectivity index (χ3n) is 3.47. The molecule has 20 heavy (non-hydrogen) atoms. The Morgan fingerprint density at radius 2 is 2.25 bits per heavy atom. The summed E-state index contributed by atoms with van der Waals surface area (Å²) in [7, 11) is 0. The van der Waals surface area contributed by atoms with E-state index in [0.717, 1.165) is 5.69 Å². The zero-order valence-corrected chi connectivity index (χ0v) is 11.5. The van der Waals surface area contributed by atoms with E-state index in [1.54, 1.807) is 19.2 Å². The quantitative estimate of drug-likeness (QED) is 0.846. The maximum atomic E-state index is 12.0. The van der Waals surface area contributed by atoms with Crippen molar-refractivity contribution in [3.63, 3.8) is 0 Å². The van der Waals surface area contributed by atoms with E-state index in [2.05, 4.69) is 15.3 Å². The Morgan fingerprint density at radius 3 is 2.85 bits per heavy atom. The fourth-order valence-corrected chi connectivity index (χ4v) is 2.34. The Kier molecular flexibility index (Phi) is 4.16. The lowest BCUT2D eigenvalue weighted by molar-refractivity contribution is -0.142. The van der Waals surface area contributed by atoms with Crippen molar-refractivity contribution in [2.24, 2.45) is 11.8 Å². The largest absolute Gasteiger partial charge is 0.481 e. The summed E-state index contributed by atoms with van der Waals surface area (Å²) in [5, 5.41) is 11.8. The minimum atomic E-state index is -0.848. The minimum absolute atomic E-state index is 0.0282. The molecule has 2 rings (SSSR count). The molecule has 7 nitrogen and oxygen atoms in total. The highest BCUT2D eigenvalue weighted by Gasteiger charge is 2.36. The van der Waals surface area contributed by atoms with Crippen molar-refractivity contribution in [3.8, 4) is 0 Å². The number of carboxylic acids is 1. The smallest absolute Gasteiger partial charge is 0.317 e. The van der Waals surface area contributed by atoms with E-state index in [-0.39, 0.29) is 18.5 Å². The van der Waals surface area contributed by atoms with E-state index < -0.39 is 11.9 Å². The summed E-state index contributed by atoms with van der Waals surface area (Å²) in [6.45, 7) is 4.66. The Labute approximate surface area is 117 Å². The first-order valence-electron chi connectivity index (χ1n) is 6.51. The molecule has 0 unspecified atom stereocenters. The van der Waals surface area contributed by atoms with Gasteiger partial charge in [-0.15, -0.1) is 0 Å². The van der Waals surface area contributed by atoms with E-state index in [9.17, 15) is 9.59 Å². The number of nitrogens with zero attached hydrogens (tertiary/aromatic N) is 3. The summed E-state index contributed by atoms with van der Waals surface area (Å²) >= 11 is 0. The van der Waals surface area contributed by atoms with Crippen LogP contribution in [0.2, 0.25) is 0 Å². The van der Waals surface area contributed by atoms with E-state index >= 15 is 0 Å². The van der Waals surface area contributed by atoms with Crippen LogP contribution < -0.4 is 5.32 Å². The Bertz CT molecular complexity index is 520. The van der Waals surface area contributed by atoms with Crippen molar-refractivity contribution in [1.82, 2.24) is 20.2 Å². The number of hydrogen-bond donors (Lipinski definition) is 2. The van der Waals surface area contributed by atoms with Crippen LogP contribution in [-0.4, -0.2) is 45.1 Å². The number of nitrogens with one attached hydrogen (secondary N) is 1. The van der Waals surface area contributed by atoms with E-state index in [4.69, 9.17) is 5.11 Å². The van der Waals surface area contributed by atoms with Crippen molar-refractivity contribution < 1.29 is 14.7 Å². The molecule has 0 aliphatic carbocycles. The first-order valence-corrected chi connectivity index (χ1v) is 6.51. The number of aromatic nitrogens is 2. The number of carbonyl (C=O) groups is 2. The molecular formula is C13H18N4O3. The van der Waals surface area contributed by atoms with Crippen LogP contribution in [0.25, 0.3) is 0 Å². The highest BCUT2D eigenvalue weighted by molar-refractivity contribution is 5.77. The fraction of sp³-hybridized carbons (Fsp3) is 0.538. The lowest BCUT2D eigenvalue weighted by Gasteiger charge is -2.16. The standard InChI is InChI=1S/C13H18N4O3/c1-8-6-17(7-11(8)12(18)19)13(20)15-5-10-3-4-14-9(2)16-10/h3-4,8,11H,5-7H2,1-2H3,(H,15,20)(H,18,19)/t8-,11-/m1/s1. The first-order chi connectivity index (χ1) is 9.47. The molecule has 7 heteroatoms. The maximum Gasteiger partial charge on any atom is 0.317 e. The molecule has 0 aromatic carbocycles. The molecule has 2 atom stereocenters. The third kappa shape index (κ3) is 3.23. The van der Waals surface area contributed by atoms with Crippen LogP contribution in [0.3, 0.4) is 0 Å². The summed E-state index contributed by atoms with van der Waals surface area (Å²) in [6, 6.07) is 1.48.